The second-order valence-corrected chi connectivity index (χ2v) is 5.09. The van der Waals surface area contributed by atoms with Gasteiger partial charge in [0.05, 0.1) is 16.4 Å². The van der Waals surface area contributed by atoms with Gasteiger partial charge in [0.1, 0.15) is 0 Å². The first-order chi connectivity index (χ1) is 8.58. The fraction of sp³-hybridized carbons (Fsp3) is 0.0833. The highest BCUT2D eigenvalue weighted by Crippen LogP contribution is 2.23. The van der Waals surface area contributed by atoms with Gasteiger partial charge < -0.3 is 9.36 Å². The topological polar surface area (TPSA) is 55.4 Å². The Balaban J connectivity index is 2.64. The van der Waals surface area contributed by atoms with E-state index < -0.39 is 11.6 Å². The quantitative estimate of drug-likeness (QED) is 0.558. The van der Waals surface area contributed by atoms with E-state index >= 15 is 0 Å². The van der Waals surface area contributed by atoms with Crippen molar-refractivity contribution in [1.29, 1.82) is 5.41 Å². The molecule has 3 nitrogen and oxygen atoms in total. The Morgan fingerprint density at radius 3 is 2.67 bits per heavy atom. The van der Waals surface area contributed by atoms with Gasteiger partial charge in [-0.15, -0.1) is 0 Å². The molecule has 1 aromatic carbocycles. The third-order valence-electron chi connectivity index (χ3n) is 2.83. The van der Waals surface area contributed by atoms with Crippen molar-refractivity contribution in [2.45, 2.75) is 6.92 Å². The number of hydrogen-bond acceptors (Lipinski definition) is 2. The Kier molecular flexibility index (Phi) is 2.34. The van der Waals surface area contributed by atoms with Crippen molar-refractivity contribution in [3.8, 4) is 0 Å². The number of halogens is 2. The molecule has 0 saturated heterocycles. The molecule has 3 rings (SSSR count). The van der Waals surface area contributed by atoms with Crippen molar-refractivity contribution < 1.29 is 8.78 Å². The Morgan fingerprint density at radius 1 is 1.11 bits per heavy atom. The number of aromatic amines is 2. The van der Waals surface area contributed by atoms with Gasteiger partial charge in [0, 0.05) is 21.8 Å². The molecule has 18 heavy (non-hydrogen) atoms. The Morgan fingerprint density at radius 2 is 1.89 bits per heavy atom. The minimum atomic E-state index is -0.963. The summed E-state index contributed by atoms with van der Waals surface area (Å²) in [6.07, 6.45) is 0.935. The standard InChI is InChI=1S/C12H9F2N3S/c1-5-2-6-10(15)12-7(11(6)17-18-5)3-8(13)9(14)4-16-12/h2-4,15-17H,1H3. The molecule has 2 aromatic heterocycles. The van der Waals surface area contributed by atoms with Gasteiger partial charge in [0.2, 0.25) is 0 Å². The molecule has 0 aliphatic carbocycles. The normalized spacial score (nSPS) is 11.3. The lowest BCUT2D eigenvalue weighted by Crippen LogP contribution is -1.95. The van der Waals surface area contributed by atoms with Crippen molar-refractivity contribution in [2.75, 3.05) is 0 Å². The third kappa shape index (κ3) is 1.49. The maximum Gasteiger partial charge on any atom is 0.174 e. The molecule has 0 fully saturated rings. The molecular weight excluding hydrogens is 256 g/mol. The fourth-order valence-electron chi connectivity index (χ4n) is 1.98. The van der Waals surface area contributed by atoms with Crippen LogP contribution in [0.25, 0.3) is 21.8 Å². The minimum Gasteiger partial charge on any atom is -0.357 e. The lowest BCUT2D eigenvalue weighted by atomic mass is 10.3. The summed E-state index contributed by atoms with van der Waals surface area (Å²) in [5, 5.41) is 9.46. The second-order valence-electron chi connectivity index (χ2n) is 4.04. The van der Waals surface area contributed by atoms with E-state index in [4.69, 9.17) is 5.41 Å². The first kappa shape index (κ1) is 11.2. The zero-order valence-electron chi connectivity index (χ0n) is 9.40. The van der Waals surface area contributed by atoms with E-state index in [0.717, 1.165) is 17.1 Å². The van der Waals surface area contributed by atoms with Gasteiger partial charge in [-0.25, -0.2) is 8.78 Å². The zero-order chi connectivity index (χ0) is 12.9. The van der Waals surface area contributed by atoms with Crippen molar-refractivity contribution in [3.63, 3.8) is 0 Å². The number of nitrogens with one attached hydrogen (secondary N) is 3. The monoisotopic (exact) mass is 265 g/mol. The van der Waals surface area contributed by atoms with Crippen LogP contribution in [-0.4, -0.2) is 9.36 Å². The summed E-state index contributed by atoms with van der Waals surface area (Å²) in [5.41, 5.74) is 1.07. The highest BCUT2D eigenvalue weighted by Gasteiger charge is 2.10. The first-order valence-electron chi connectivity index (χ1n) is 5.27. The third-order valence-corrected chi connectivity index (χ3v) is 3.58. The van der Waals surface area contributed by atoms with Crippen LogP contribution in [0.4, 0.5) is 8.78 Å². The van der Waals surface area contributed by atoms with Gasteiger partial charge in [-0.1, -0.05) is 11.5 Å². The fourth-order valence-corrected chi connectivity index (χ4v) is 2.64. The number of aryl methyl sites for hydroxylation is 1. The van der Waals surface area contributed by atoms with Crippen molar-refractivity contribution in [2.24, 2.45) is 0 Å². The molecule has 3 N–H and O–H groups in total. The highest BCUT2D eigenvalue weighted by atomic mass is 32.1. The molecule has 6 heteroatoms. The van der Waals surface area contributed by atoms with E-state index in [1.165, 1.54) is 11.5 Å². The number of aromatic nitrogens is 2. The molecule has 0 aliphatic heterocycles. The van der Waals surface area contributed by atoms with Crippen LogP contribution in [0.3, 0.4) is 0 Å². The van der Waals surface area contributed by atoms with Crippen LogP contribution < -0.4 is 5.36 Å². The minimum absolute atomic E-state index is 0.238. The average Bonchev–Trinajstić information content (AvgIpc) is 2.49. The van der Waals surface area contributed by atoms with Gasteiger partial charge in [-0.2, -0.15) is 0 Å². The van der Waals surface area contributed by atoms with Crippen molar-refractivity contribution >= 4 is 33.3 Å². The highest BCUT2D eigenvalue weighted by molar-refractivity contribution is 7.05. The van der Waals surface area contributed by atoms with Crippen LogP contribution in [0.2, 0.25) is 0 Å². The van der Waals surface area contributed by atoms with Crippen LogP contribution >= 0.6 is 11.5 Å². The Hall–Kier alpha value is -1.95. The summed E-state index contributed by atoms with van der Waals surface area (Å²) in [7, 11) is 0. The Labute approximate surface area is 104 Å². The van der Waals surface area contributed by atoms with E-state index in [0.29, 0.717) is 21.8 Å². The molecule has 92 valence electrons. The average molecular weight is 265 g/mol. The summed E-state index contributed by atoms with van der Waals surface area (Å²) in [5.74, 6) is -1.90. The van der Waals surface area contributed by atoms with Gasteiger partial charge >= 0.3 is 0 Å². The molecule has 0 amide bonds. The molecule has 3 aromatic rings. The largest absolute Gasteiger partial charge is 0.357 e. The Bertz CT molecular complexity index is 842. The van der Waals surface area contributed by atoms with Crippen LogP contribution in [0.15, 0.2) is 18.3 Å². The predicted octanol–water partition coefficient (Wildman–Crippen LogP) is 3.34. The second kappa shape index (κ2) is 3.78. The lowest BCUT2D eigenvalue weighted by Gasteiger charge is -1.93. The maximum absolute atomic E-state index is 13.4. The summed E-state index contributed by atoms with van der Waals surface area (Å²) in [4.78, 5) is 3.67. The summed E-state index contributed by atoms with van der Waals surface area (Å²) in [6, 6.07) is 2.97. The maximum atomic E-state index is 13.4. The lowest BCUT2D eigenvalue weighted by molar-refractivity contribution is 0.509. The van der Waals surface area contributed by atoms with E-state index in [-0.39, 0.29) is 5.36 Å². The molecule has 2 heterocycles. The number of rotatable bonds is 0. The van der Waals surface area contributed by atoms with Crippen LogP contribution in [0.1, 0.15) is 4.88 Å². The van der Waals surface area contributed by atoms with Crippen molar-refractivity contribution in [1.82, 2.24) is 9.36 Å². The van der Waals surface area contributed by atoms with E-state index in [1.54, 1.807) is 0 Å². The molecule has 0 spiro atoms. The molecule has 0 bridgehead atoms. The molecular formula is C12H9F2N3S. The molecule has 0 radical (unpaired) electrons. The van der Waals surface area contributed by atoms with Crippen LogP contribution in [0, 0.1) is 24.0 Å². The number of fused-ring (bicyclic) bond motifs is 3. The first-order valence-corrected chi connectivity index (χ1v) is 6.08. The van der Waals surface area contributed by atoms with Gasteiger partial charge in [-0.05, 0) is 19.1 Å². The summed E-state index contributed by atoms with van der Waals surface area (Å²) < 4.78 is 29.7. The van der Waals surface area contributed by atoms with Gasteiger partial charge in [0.15, 0.2) is 11.6 Å². The van der Waals surface area contributed by atoms with E-state index in [1.807, 2.05) is 13.0 Å². The smallest absolute Gasteiger partial charge is 0.174 e. The van der Waals surface area contributed by atoms with E-state index in [2.05, 4.69) is 9.36 Å². The molecule has 0 atom stereocenters. The van der Waals surface area contributed by atoms with Crippen LogP contribution in [-0.2, 0) is 0 Å². The summed E-state index contributed by atoms with van der Waals surface area (Å²) in [6.45, 7) is 1.92. The SMILES string of the molecule is Cc1cc2c(=N)c3[nH]cc(F)c(F)cc3c2[nH]s1. The molecule has 0 saturated carbocycles. The van der Waals surface area contributed by atoms with Gasteiger partial charge in [0.25, 0.3) is 0 Å². The van der Waals surface area contributed by atoms with E-state index in [9.17, 15) is 8.78 Å². The molecule has 0 unspecified atom stereocenters. The van der Waals surface area contributed by atoms with Gasteiger partial charge in [-0.3, -0.25) is 5.41 Å². The number of H-pyrrole nitrogens is 2. The zero-order valence-corrected chi connectivity index (χ0v) is 10.2. The molecule has 0 aliphatic rings. The predicted molar refractivity (Wildman–Crippen MR) is 67.4 cm³/mol. The summed E-state index contributed by atoms with van der Waals surface area (Å²) >= 11 is 1.39. The number of hydrogen-bond donors (Lipinski definition) is 3. The van der Waals surface area contributed by atoms with Crippen LogP contribution in [0.5, 0.6) is 0 Å². The van der Waals surface area contributed by atoms with Crippen molar-refractivity contribution in [3.05, 3.63) is 40.2 Å².